The number of esters is 1. The Hall–Kier alpha value is -2.14. The molecule has 2 rings (SSSR count). The molecule has 0 heterocycles. The Labute approximate surface area is 118 Å². The number of carbonyl (C=O) groups is 1. The molecule has 0 bridgehead atoms. The van der Waals surface area contributed by atoms with Crippen LogP contribution in [0.3, 0.4) is 0 Å². The first kappa shape index (κ1) is 14.3. The summed E-state index contributed by atoms with van der Waals surface area (Å²) in [5.74, 6) is -3.11. The van der Waals surface area contributed by atoms with Crippen molar-refractivity contribution in [2.45, 2.75) is 6.61 Å². The number of hydrogen-bond acceptors (Lipinski definition) is 3. The summed E-state index contributed by atoms with van der Waals surface area (Å²) in [6.45, 7) is -0.0438. The predicted molar refractivity (Wildman–Crippen MR) is 71.3 cm³/mol. The number of anilines is 1. The lowest BCUT2D eigenvalue weighted by atomic mass is 10.1. The molecule has 0 aliphatic rings. The van der Waals surface area contributed by atoms with Gasteiger partial charge in [0, 0.05) is 16.8 Å². The Kier molecular flexibility index (Phi) is 4.20. The molecule has 0 unspecified atom stereocenters. The van der Waals surface area contributed by atoms with Crippen molar-refractivity contribution < 1.29 is 18.3 Å². The second-order valence-electron chi connectivity index (χ2n) is 4.06. The van der Waals surface area contributed by atoms with Crippen molar-refractivity contribution in [1.82, 2.24) is 0 Å². The number of carbonyl (C=O) groups excluding carboxylic acids is 1. The third-order valence-corrected chi connectivity index (χ3v) is 2.81. The van der Waals surface area contributed by atoms with Crippen LogP contribution in [0.15, 0.2) is 36.4 Å². The van der Waals surface area contributed by atoms with E-state index in [-0.39, 0.29) is 17.9 Å². The van der Waals surface area contributed by atoms with Crippen LogP contribution < -0.4 is 5.73 Å². The largest absolute Gasteiger partial charge is 0.457 e. The molecule has 0 atom stereocenters. The number of halogens is 3. The van der Waals surface area contributed by atoms with Crippen molar-refractivity contribution in [3.05, 3.63) is 64.2 Å². The molecule has 20 heavy (non-hydrogen) atoms. The Balaban J connectivity index is 2.11. The molecule has 2 N–H and O–H groups in total. The van der Waals surface area contributed by atoms with Crippen molar-refractivity contribution in [1.29, 1.82) is 0 Å². The van der Waals surface area contributed by atoms with Gasteiger partial charge in [-0.05, 0) is 23.8 Å². The van der Waals surface area contributed by atoms with E-state index >= 15 is 0 Å². The quantitative estimate of drug-likeness (QED) is 0.696. The number of hydrogen-bond donors (Lipinski definition) is 1. The van der Waals surface area contributed by atoms with Gasteiger partial charge in [0.2, 0.25) is 0 Å². The van der Waals surface area contributed by atoms with Gasteiger partial charge in [0.1, 0.15) is 6.61 Å². The molecular formula is C14H10ClF2NO2. The van der Waals surface area contributed by atoms with Crippen LogP contribution in [0, 0.1) is 11.6 Å². The summed E-state index contributed by atoms with van der Waals surface area (Å²) in [7, 11) is 0. The van der Waals surface area contributed by atoms with Crippen LogP contribution in [-0.2, 0) is 11.3 Å². The lowest BCUT2D eigenvalue weighted by Gasteiger charge is -2.08. The average Bonchev–Trinajstić information content (AvgIpc) is 2.40. The molecule has 2 aromatic carbocycles. The maximum Gasteiger partial charge on any atom is 0.340 e. The van der Waals surface area contributed by atoms with Crippen molar-refractivity contribution >= 4 is 23.3 Å². The van der Waals surface area contributed by atoms with Crippen LogP contribution in [0.1, 0.15) is 15.9 Å². The summed E-state index contributed by atoms with van der Waals surface area (Å²) < 4.78 is 31.0. The smallest absolute Gasteiger partial charge is 0.340 e. The Bertz CT molecular complexity index is 662. The van der Waals surface area contributed by atoms with Gasteiger partial charge in [-0.25, -0.2) is 13.6 Å². The highest BCUT2D eigenvalue weighted by Gasteiger charge is 2.15. The second-order valence-corrected chi connectivity index (χ2v) is 4.50. The fourth-order valence-corrected chi connectivity index (χ4v) is 1.81. The van der Waals surface area contributed by atoms with E-state index in [0.29, 0.717) is 16.7 Å². The monoisotopic (exact) mass is 297 g/mol. The molecule has 104 valence electrons. The minimum atomic E-state index is -1.16. The van der Waals surface area contributed by atoms with E-state index in [1.54, 1.807) is 24.3 Å². The van der Waals surface area contributed by atoms with E-state index in [4.69, 9.17) is 22.1 Å². The zero-order chi connectivity index (χ0) is 14.7. The Morgan fingerprint density at radius 2 is 1.90 bits per heavy atom. The molecule has 0 radical (unpaired) electrons. The summed E-state index contributed by atoms with van der Waals surface area (Å²) in [6.07, 6.45) is 0. The van der Waals surface area contributed by atoms with Gasteiger partial charge < -0.3 is 10.5 Å². The van der Waals surface area contributed by atoms with Crippen LogP contribution >= 0.6 is 11.6 Å². The summed E-state index contributed by atoms with van der Waals surface area (Å²) in [5, 5.41) is 0.505. The molecule has 0 aromatic heterocycles. The first-order chi connectivity index (χ1) is 9.47. The molecule has 0 amide bonds. The van der Waals surface area contributed by atoms with Gasteiger partial charge in [0.25, 0.3) is 0 Å². The maximum absolute atomic E-state index is 13.1. The molecule has 0 fully saturated rings. The summed E-state index contributed by atoms with van der Waals surface area (Å²) in [5.41, 5.74) is 5.73. The summed E-state index contributed by atoms with van der Waals surface area (Å²) in [4.78, 5) is 11.8. The molecule has 0 saturated carbocycles. The fraction of sp³-hybridized carbons (Fsp3) is 0.0714. The molecule has 0 aliphatic heterocycles. The number of ether oxygens (including phenoxy) is 1. The van der Waals surface area contributed by atoms with E-state index in [2.05, 4.69) is 0 Å². The molecule has 6 heteroatoms. The normalized spacial score (nSPS) is 10.3. The number of nitrogens with two attached hydrogens (primary N) is 1. The van der Waals surface area contributed by atoms with E-state index in [0.717, 1.165) is 6.07 Å². The Morgan fingerprint density at radius 1 is 1.20 bits per heavy atom. The van der Waals surface area contributed by atoms with E-state index < -0.39 is 17.6 Å². The highest BCUT2D eigenvalue weighted by Crippen LogP contribution is 2.19. The van der Waals surface area contributed by atoms with Gasteiger partial charge in [-0.2, -0.15) is 0 Å². The second kappa shape index (κ2) is 5.88. The molecule has 3 nitrogen and oxygen atoms in total. The zero-order valence-electron chi connectivity index (χ0n) is 10.2. The molecule has 0 saturated heterocycles. The third-order valence-electron chi connectivity index (χ3n) is 2.57. The summed E-state index contributed by atoms with van der Waals surface area (Å²) in [6, 6.07) is 8.19. The fourth-order valence-electron chi connectivity index (χ4n) is 1.59. The van der Waals surface area contributed by atoms with Crippen molar-refractivity contribution in [3.8, 4) is 0 Å². The topological polar surface area (TPSA) is 52.3 Å². The van der Waals surface area contributed by atoms with Crippen molar-refractivity contribution in [2.24, 2.45) is 0 Å². The van der Waals surface area contributed by atoms with Gasteiger partial charge in [-0.15, -0.1) is 0 Å². The third kappa shape index (κ3) is 3.24. The lowest BCUT2D eigenvalue weighted by Crippen LogP contribution is -2.09. The average molecular weight is 298 g/mol. The van der Waals surface area contributed by atoms with Crippen LogP contribution in [0.5, 0.6) is 0 Å². The van der Waals surface area contributed by atoms with E-state index in [1.807, 2.05) is 0 Å². The molecular weight excluding hydrogens is 288 g/mol. The minimum Gasteiger partial charge on any atom is -0.457 e. The van der Waals surface area contributed by atoms with Crippen molar-refractivity contribution in [3.63, 3.8) is 0 Å². The van der Waals surface area contributed by atoms with Gasteiger partial charge in [0.05, 0.1) is 5.56 Å². The first-order valence-corrected chi connectivity index (χ1v) is 6.01. The summed E-state index contributed by atoms with van der Waals surface area (Å²) >= 11 is 5.79. The predicted octanol–water partition coefficient (Wildman–Crippen LogP) is 3.56. The van der Waals surface area contributed by atoms with Gasteiger partial charge in [-0.3, -0.25) is 0 Å². The van der Waals surface area contributed by atoms with E-state index in [9.17, 15) is 13.6 Å². The van der Waals surface area contributed by atoms with E-state index in [1.165, 1.54) is 0 Å². The molecule has 0 spiro atoms. The van der Waals surface area contributed by atoms with Gasteiger partial charge in [0.15, 0.2) is 11.6 Å². The minimum absolute atomic E-state index is 0.0438. The highest BCUT2D eigenvalue weighted by molar-refractivity contribution is 6.30. The number of rotatable bonds is 3. The van der Waals surface area contributed by atoms with Gasteiger partial charge in [-0.1, -0.05) is 23.7 Å². The van der Waals surface area contributed by atoms with Crippen molar-refractivity contribution in [2.75, 3.05) is 5.73 Å². The molecule has 0 aliphatic carbocycles. The number of benzene rings is 2. The highest BCUT2D eigenvalue weighted by atomic mass is 35.5. The number of nitrogen functional groups attached to an aromatic ring is 1. The van der Waals surface area contributed by atoms with Crippen LogP contribution in [0.2, 0.25) is 5.02 Å². The lowest BCUT2D eigenvalue weighted by molar-refractivity contribution is 0.0473. The zero-order valence-corrected chi connectivity index (χ0v) is 11.0. The maximum atomic E-state index is 13.1. The standard InChI is InChI=1S/C14H10ClF2NO2/c15-9-3-1-2-8(4-9)7-20-14(19)10-5-11(16)12(17)6-13(10)18/h1-6H,7,18H2. The van der Waals surface area contributed by atoms with Crippen LogP contribution in [0.4, 0.5) is 14.5 Å². The Morgan fingerprint density at radius 3 is 2.60 bits per heavy atom. The molecule has 2 aromatic rings. The SMILES string of the molecule is Nc1cc(F)c(F)cc1C(=O)OCc1cccc(Cl)c1. The van der Waals surface area contributed by atoms with Crippen LogP contribution in [0.25, 0.3) is 0 Å². The first-order valence-electron chi connectivity index (χ1n) is 5.63. The van der Waals surface area contributed by atoms with Crippen LogP contribution in [-0.4, -0.2) is 5.97 Å². The van der Waals surface area contributed by atoms with Gasteiger partial charge >= 0.3 is 5.97 Å².